The molecule has 1 atom stereocenters. The highest BCUT2D eigenvalue weighted by atomic mass is 32.1. The van der Waals surface area contributed by atoms with E-state index in [1.54, 1.807) is 11.3 Å². The predicted molar refractivity (Wildman–Crippen MR) is 131 cm³/mol. The van der Waals surface area contributed by atoms with Crippen LogP contribution in [0.3, 0.4) is 0 Å². The van der Waals surface area contributed by atoms with Crippen LogP contribution in [0.2, 0.25) is 0 Å². The Morgan fingerprint density at radius 3 is 2.81 bits per heavy atom. The van der Waals surface area contributed by atoms with Gasteiger partial charge in [-0.2, -0.15) is 5.10 Å². The third-order valence-electron chi connectivity index (χ3n) is 4.87. The van der Waals surface area contributed by atoms with Gasteiger partial charge in [-0.05, 0) is 51.1 Å². The molecule has 0 bridgehead atoms. The molecule has 2 N–H and O–H groups in total. The van der Waals surface area contributed by atoms with Crippen molar-refractivity contribution in [3.8, 4) is 21.8 Å². The number of hydrogen-bond donors (Lipinski definition) is 1. The van der Waals surface area contributed by atoms with Gasteiger partial charge in [-0.3, -0.25) is 4.98 Å². The van der Waals surface area contributed by atoms with Crippen molar-refractivity contribution in [1.29, 1.82) is 0 Å². The van der Waals surface area contributed by atoms with Crippen molar-refractivity contribution >= 4 is 27.9 Å². The maximum atomic E-state index is 6.06. The third-order valence-corrected chi connectivity index (χ3v) is 5.68. The quantitative estimate of drug-likeness (QED) is 0.370. The molecule has 6 heteroatoms. The maximum Gasteiger partial charge on any atom is 0.124 e. The van der Waals surface area contributed by atoms with Crippen LogP contribution in [0, 0.1) is 0 Å². The summed E-state index contributed by atoms with van der Waals surface area (Å²) in [6.07, 6.45) is 9.70. The summed E-state index contributed by atoms with van der Waals surface area (Å²) >= 11 is 1.60. The second-order valence-corrected chi connectivity index (χ2v) is 8.58. The molecule has 1 aromatic carbocycles. The van der Waals surface area contributed by atoms with Gasteiger partial charge >= 0.3 is 0 Å². The van der Waals surface area contributed by atoms with E-state index >= 15 is 0 Å². The molecule has 0 aliphatic rings. The van der Waals surface area contributed by atoms with Crippen molar-refractivity contribution in [2.75, 3.05) is 0 Å². The molecule has 0 saturated heterocycles. The fraction of sp³-hybridized carbons (Fsp3) is 0.160. The van der Waals surface area contributed by atoms with Crippen LogP contribution >= 0.6 is 11.3 Å². The molecule has 0 spiro atoms. The zero-order valence-corrected chi connectivity index (χ0v) is 18.7. The first-order valence-electron chi connectivity index (χ1n) is 10.1. The van der Waals surface area contributed by atoms with Crippen LogP contribution in [0.5, 0.6) is 0 Å². The minimum atomic E-state index is -0.132. The van der Waals surface area contributed by atoms with Crippen LogP contribution in [0.25, 0.3) is 38.4 Å². The Morgan fingerprint density at radius 1 is 1.26 bits per heavy atom. The van der Waals surface area contributed by atoms with E-state index in [1.165, 1.54) is 5.57 Å². The predicted octanol–water partition coefficient (Wildman–Crippen LogP) is 6.23. The second kappa shape index (κ2) is 8.79. The van der Waals surface area contributed by atoms with Crippen molar-refractivity contribution in [3.05, 3.63) is 84.2 Å². The molecular formula is C25H25N5S. The number of thiazole rings is 1. The van der Waals surface area contributed by atoms with Gasteiger partial charge in [0.1, 0.15) is 5.01 Å². The molecule has 0 radical (unpaired) electrons. The molecule has 1 unspecified atom stereocenters. The number of nitrogens with zero attached hydrogens (tertiary/aromatic N) is 4. The number of benzene rings is 1. The minimum Gasteiger partial charge on any atom is -0.323 e. The Kier molecular flexibility index (Phi) is 5.93. The molecule has 3 aromatic heterocycles. The molecule has 4 aromatic rings. The first-order valence-corrected chi connectivity index (χ1v) is 11.0. The molecule has 5 nitrogen and oxygen atoms in total. The smallest absolute Gasteiger partial charge is 0.124 e. The average Bonchev–Trinajstić information content (AvgIpc) is 3.43. The molecule has 0 aliphatic carbocycles. The van der Waals surface area contributed by atoms with Crippen molar-refractivity contribution in [2.45, 2.75) is 26.8 Å². The van der Waals surface area contributed by atoms with E-state index < -0.39 is 0 Å². The van der Waals surface area contributed by atoms with Crippen molar-refractivity contribution in [1.82, 2.24) is 19.7 Å². The Hall–Kier alpha value is -3.35. The summed E-state index contributed by atoms with van der Waals surface area (Å²) in [6, 6.07) is 10.0. The van der Waals surface area contributed by atoms with Gasteiger partial charge in [0, 0.05) is 34.1 Å². The van der Waals surface area contributed by atoms with Gasteiger partial charge in [0.15, 0.2) is 0 Å². The molecule has 0 saturated carbocycles. The number of nitrogens with two attached hydrogens (primary N) is 1. The number of fused-ring (bicyclic) bond motifs is 1. The summed E-state index contributed by atoms with van der Waals surface area (Å²) in [5.74, 6) is 0. The fourth-order valence-electron chi connectivity index (χ4n) is 3.32. The topological polar surface area (TPSA) is 69.6 Å². The van der Waals surface area contributed by atoms with Gasteiger partial charge in [-0.1, -0.05) is 30.4 Å². The van der Waals surface area contributed by atoms with Crippen LogP contribution in [0.4, 0.5) is 0 Å². The van der Waals surface area contributed by atoms with Crippen molar-refractivity contribution in [2.24, 2.45) is 5.73 Å². The van der Waals surface area contributed by atoms with E-state index in [9.17, 15) is 0 Å². The van der Waals surface area contributed by atoms with E-state index in [-0.39, 0.29) is 6.04 Å². The second-order valence-electron chi connectivity index (χ2n) is 7.68. The molecule has 4 rings (SSSR count). The molecule has 3 heterocycles. The van der Waals surface area contributed by atoms with Gasteiger partial charge in [-0.25, -0.2) is 9.67 Å². The van der Waals surface area contributed by atoms with Gasteiger partial charge < -0.3 is 5.73 Å². The highest BCUT2D eigenvalue weighted by Gasteiger charge is 2.15. The minimum absolute atomic E-state index is 0.132. The summed E-state index contributed by atoms with van der Waals surface area (Å²) in [5.41, 5.74) is 12.8. The van der Waals surface area contributed by atoms with Gasteiger partial charge in [-0.15, -0.1) is 11.3 Å². The van der Waals surface area contributed by atoms with E-state index in [0.717, 1.165) is 44.1 Å². The first kappa shape index (κ1) is 20.9. The number of aromatic nitrogens is 4. The Morgan fingerprint density at radius 2 is 2.10 bits per heavy atom. The van der Waals surface area contributed by atoms with E-state index in [2.05, 4.69) is 42.6 Å². The molecule has 156 valence electrons. The molecular weight excluding hydrogens is 402 g/mol. The molecule has 0 amide bonds. The number of hydrogen-bond acceptors (Lipinski definition) is 5. The van der Waals surface area contributed by atoms with Crippen LogP contribution in [-0.4, -0.2) is 19.7 Å². The summed E-state index contributed by atoms with van der Waals surface area (Å²) in [5, 5.41) is 8.58. The van der Waals surface area contributed by atoms with Crippen LogP contribution < -0.4 is 5.73 Å². The Bertz CT molecular complexity index is 1290. The largest absolute Gasteiger partial charge is 0.323 e. The average molecular weight is 428 g/mol. The lowest BCUT2D eigenvalue weighted by Gasteiger charge is -2.10. The van der Waals surface area contributed by atoms with E-state index in [1.807, 2.05) is 65.8 Å². The number of rotatable bonds is 6. The van der Waals surface area contributed by atoms with Crippen molar-refractivity contribution < 1.29 is 0 Å². The highest BCUT2D eigenvalue weighted by Crippen LogP contribution is 2.35. The van der Waals surface area contributed by atoms with Gasteiger partial charge in [0.2, 0.25) is 0 Å². The van der Waals surface area contributed by atoms with Gasteiger partial charge in [0.05, 0.1) is 28.8 Å². The highest BCUT2D eigenvalue weighted by molar-refractivity contribution is 7.13. The third kappa shape index (κ3) is 4.40. The van der Waals surface area contributed by atoms with Gasteiger partial charge in [0.25, 0.3) is 0 Å². The fourth-order valence-corrected chi connectivity index (χ4v) is 3.99. The normalized spacial score (nSPS) is 12.4. The number of allylic oxidation sites excluding steroid dienone is 5. The SMILES string of the molecule is C=C(/C=C\C=C(C)C)n1ncc2c(-c3nccs3)cc(-c3cccc(C(C)N)n3)cc21. The zero-order valence-electron chi connectivity index (χ0n) is 17.9. The van der Waals surface area contributed by atoms with E-state index in [0.29, 0.717) is 0 Å². The van der Waals surface area contributed by atoms with Crippen LogP contribution in [0.15, 0.2) is 78.5 Å². The first-order chi connectivity index (χ1) is 14.9. The summed E-state index contributed by atoms with van der Waals surface area (Å²) < 4.78 is 1.86. The Labute approximate surface area is 186 Å². The molecule has 0 aliphatic heterocycles. The standard InChI is InChI=1S/C25H25N5S/c1-16(2)7-5-8-17(3)30-24-14-19(23-10-6-9-22(29-23)18(4)26)13-20(21(24)15-28-30)25-27-11-12-31-25/h5-15,18H,3,26H2,1-2,4H3/b8-5-. The molecule has 0 fully saturated rings. The van der Waals surface area contributed by atoms with Crippen LogP contribution in [-0.2, 0) is 0 Å². The lowest BCUT2D eigenvalue weighted by Crippen LogP contribution is -2.07. The lowest BCUT2D eigenvalue weighted by molar-refractivity contribution is 0.782. The summed E-state index contributed by atoms with van der Waals surface area (Å²) in [4.78, 5) is 9.32. The Balaban J connectivity index is 1.90. The molecule has 31 heavy (non-hydrogen) atoms. The van der Waals surface area contributed by atoms with Crippen molar-refractivity contribution in [3.63, 3.8) is 0 Å². The van der Waals surface area contributed by atoms with Crippen LogP contribution in [0.1, 0.15) is 32.5 Å². The lowest BCUT2D eigenvalue weighted by atomic mass is 10.0. The van der Waals surface area contributed by atoms with E-state index in [4.69, 9.17) is 10.7 Å². The number of pyridine rings is 1. The maximum absolute atomic E-state index is 6.06. The zero-order chi connectivity index (χ0) is 22.0. The summed E-state index contributed by atoms with van der Waals surface area (Å²) in [7, 11) is 0. The summed E-state index contributed by atoms with van der Waals surface area (Å²) in [6.45, 7) is 10.3. The monoisotopic (exact) mass is 427 g/mol.